The summed E-state index contributed by atoms with van der Waals surface area (Å²) in [6.07, 6.45) is 6.94. The van der Waals surface area contributed by atoms with Crippen molar-refractivity contribution in [3.63, 3.8) is 0 Å². The van der Waals surface area contributed by atoms with E-state index in [0.29, 0.717) is 18.6 Å². The topological polar surface area (TPSA) is 72.8 Å². The molecule has 32 heavy (non-hydrogen) atoms. The molecule has 1 N–H and O–H groups in total. The highest BCUT2D eigenvalue weighted by molar-refractivity contribution is 5.99. The first-order valence-electron chi connectivity index (χ1n) is 11.8. The fourth-order valence-electron chi connectivity index (χ4n) is 4.28. The molecule has 1 atom stereocenters. The standard InChI is InChI=1S/C27H34O5/c1-3-5-14-27(31-24-13-7-6-10-19(24)15-18-26(29)30)32-25-17-16-21-20(22(25)9-4-2)11-8-12-23(21)28/h6-7,10,13,16-17,27H,3-5,8-9,11-12,14-15,18H2,1-2H3,(H,29,30). The Morgan fingerprint density at radius 2 is 1.78 bits per heavy atom. The maximum atomic E-state index is 12.4. The van der Waals surface area contributed by atoms with E-state index in [2.05, 4.69) is 13.8 Å². The van der Waals surface area contributed by atoms with Crippen LogP contribution < -0.4 is 9.47 Å². The van der Waals surface area contributed by atoms with Gasteiger partial charge in [-0.3, -0.25) is 9.59 Å². The number of hydrogen-bond donors (Lipinski definition) is 1. The lowest BCUT2D eigenvalue weighted by Gasteiger charge is -2.26. The summed E-state index contributed by atoms with van der Waals surface area (Å²) in [5.41, 5.74) is 3.97. The number of hydrogen-bond acceptors (Lipinski definition) is 4. The van der Waals surface area contributed by atoms with Crippen molar-refractivity contribution >= 4 is 11.8 Å². The van der Waals surface area contributed by atoms with Crippen LogP contribution in [-0.2, 0) is 24.1 Å². The number of para-hydroxylation sites is 1. The first-order chi connectivity index (χ1) is 15.5. The molecule has 1 aliphatic rings. The number of ether oxygens (including phenoxy) is 2. The third-order valence-corrected chi connectivity index (χ3v) is 5.91. The van der Waals surface area contributed by atoms with Crippen LogP contribution in [0.1, 0.15) is 85.8 Å². The predicted molar refractivity (Wildman–Crippen MR) is 125 cm³/mol. The average molecular weight is 439 g/mol. The normalized spacial score (nSPS) is 14.0. The Morgan fingerprint density at radius 3 is 2.53 bits per heavy atom. The van der Waals surface area contributed by atoms with Crippen LogP contribution in [0.5, 0.6) is 11.5 Å². The van der Waals surface area contributed by atoms with Crippen molar-refractivity contribution in [2.24, 2.45) is 0 Å². The molecule has 2 aromatic carbocycles. The van der Waals surface area contributed by atoms with Gasteiger partial charge in [-0.2, -0.15) is 0 Å². The Bertz CT molecular complexity index is 934. The summed E-state index contributed by atoms with van der Waals surface area (Å²) in [5, 5.41) is 9.07. The third-order valence-electron chi connectivity index (χ3n) is 5.91. The Labute approximate surface area is 190 Å². The highest BCUT2D eigenvalue weighted by atomic mass is 16.7. The lowest BCUT2D eigenvalue weighted by atomic mass is 9.85. The van der Waals surface area contributed by atoms with Crippen LogP contribution >= 0.6 is 0 Å². The average Bonchev–Trinajstić information content (AvgIpc) is 2.78. The maximum absolute atomic E-state index is 12.4. The number of carbonyl (C=O) groups is 2. The van der Waals surface area contributed by atoms with Crippen LogP contribution in [0.3, 0.4) is 0 Å². The van der Waals surface area contributed by atoms with E-state index in [0.717, 1.165) is 72.9 Å². The van der Waals surface area contributed by atoms with Gasteiger partial charge < -0.3 is 14.6 Å². The number of aliphatic carboxylic acids is 1. The summed E-state index contributed by atoms with van der Waals surface area (Å²) in [6, 6.07) is 11.4. The number of carboxylic acid groups (broad SMARTS) is 1. The largest absolute Gasteiger partial charge is 0.481 e. The van der Waals surface area contributed by atoms with Gasteiger partial charge in [-0.25, -0.2) is 0 Å². The number of carboxylic acids is 1. The number of ketones is 1. The summed E-state index contributed by atoms with van der Waals surface area (Å²) < 4.78 is 12.7. The minimum absolute atomic E-state index is 0.0559. The van der Waals surface area contributed by atoms with Crippen LogP contribution in [-0.4, -0.2) is 23.1 Å². The third kappa shape index (κ3) is 6.12. The minimum atomic E-state index is -0.827. The van der Waals surface area contributed by atoms with Gasteiger partial charge in [0, 0.05) is 24.8 Å². The molecule has 172 valence electrons. The van der Waals surface area contributed by atoms with Gasteiger partial charge in [0.15, 0.2) is 5.78 Å². The SMILES string of the molecule is CCCCC(Oc1ccccc1CCC(=O)O)Oc1ccc2c(c1CCC)CCCC2=O. The summed E-state index contributed by atoms with van der Waals surface area (Å²) in [4.78, 5) is 23.4. The number of fused-ring (bicyclic) bond motifs is 1. The van der Waals surface area contributed by atoms with Crippen molar-refractivity contribution in [3.05, 3.63) is 58.7 Å². The van der Waals surface area contributed by atoms with Gasteiger partial charge >= 0.3 is 5.97 Å². The van der Waals surface area contributed by atoms with Crippen molar-refractivity contribution in [1.82, 2.24) is 0 Å². The Hall–Kier alpha value is -2.82. The summed E-state index contributed by atoms with van der Waals surface area (Å²) in [7, 11) is 0. The Balaban J connectivity index is 1.87. The van der Waals surface area contributed by atoms with E-state index in [1.54, 1.807) is 0 Å². The molecule has 2 aromatic rings. The second kappa shape index (κ2) is 11.7. The van der Waals surface area contributed by atoms with Crippen LogP contribution in [0, 0.1) is 0 Å². The van der Waals surface area contributed by atoms with E-state index < -0.39 is 12.3 Å². The second-order valence-corrected chi connectivity index (χ2v) is 8.40. The lowest BCUT2D eigenvalue weighted by molar-refractivity contribution is -0.136. The van der Waals surface area contributed by atoms with E-state index in [9.17, 15) is 9.59 Å². The highest BCUT2D eigenvalue weighted by Crippen LogP contribution is 2.34. The van der Waals surface area contributed by atoms with Crippen LogP contribution in [0.15, 0.2) is 36.4 Å². The first kappa shape index (κ1) is 23.8. The molecular weight excluding hydrogens is 404 g/mol. The van der Waals surface area contributed by atoms with Crippen LogP contribution in [0.2, 0.25) is 0 Å². The maximum Gasteiger partial charge on any atom is 0.303 e. The molecule has 0 spiro atoms. The van der Waals surface area contributed by atoms with Crippen molar-refractivity contribution in [2.45, 2.75) is 84.3 Å². The first-order valence-corrected chi connectivity index (χ1v) is 11.8. The number of aryl methyl sites for hydroxylation is 1. The van der Waals surface area contributed by atoms with Crippen LogP contribution in [0.4, 0.5) is 0 Å². The summed E-state index contributed by atoms with van der Waals surface area (Å²) >= 11 is 0. The zero-order chi connectivity index (χ0) is 22.9. The summed E-state index contributed by atoms with van der Waals surface area (Å²) in [6.45, 7) is 4.27. The smallest absolute Gasteiger partial charge is 0.303 e. The van der Waals surface area contributed by atoms with Gasteiger partial charge in [-0.05, 0) is 67.0 Å². The molecule has 0 fully saturated rings. The molecule has 0 aliphatic heterocycles. The monoisotopic (exact) mass is 438 g/mol. The molecule has 0 radical (unpaired) electrons. The van der Waals surface area contributed by atoms with E-state index in [4.69, 9.17) is 14.6 Å². The number of benzene rings is 2. The molecule has 5 heteroatoms. The molecule has 0 heterocycles. The molecular formula is C27H34O5. The van der Waals surface area contributed by atoms with Gasteiger partial charge in [-0.15, -0.1) is 0 Å². The molecule has 0 saturated carbocycles. The second-order valence-electron chi connectivity index (χ2n) is 8.40. The molecule has 1 unspecified atom stereocenters. The van der Waals surface area contributed by atoms with E-state index in [-0.39, 0.29) is 12.2 Å². The predicted octanol–water partition coefficient (Wildman–Crippen LogP) is 6.15. The van der Waals surface area contributed by atoms with Crippen LogP contribution in [0.25, 0.3) is 0 Å². The van der Waals surface area contributed by atoms with Crippen molar-refractivity contribution in [2.75, 3.05) is 0 Å². The highest BCUT2D eigenvalue weighted by Gasteiger charge is 2.24. The number of rotatable bonds is 12. The minimum Gasteiger partial charge on any atom is -0.481 e. The molecule has 0 amide bonds. The molecule has 0 bridgehead atoms. The zero-order valence-corrected chi connectivity index (χ0v) is 19.2. The molecule has 5 nitrogen and oxygen atoms in total. The molecule has 3 rings (SSSR count). The number of Topliss-reactive ketones (excluding diaryl/α,β-unsaturated/α-hetero) is 1. The van der Waals surface area contributed by atoms with Gasteiger partial charge in [-0.1, -0.05) is 44.9 Å². The number of carbonyl (C=O) groups excluding carboxylic acids is 1. The van der Waals surface area contributed by atoms with Gasteiger partial charge in [0.05, 0.1) is 0 Å². The van der Waals surface area contributed by atoms with Gasteiger partial charge in [0.2, 0.25) is 6.29 Å². The Morgan fingerprint density at radius 1 is 1.00 bits per heavy atom. The van der Waals surface area contributed by atoms with Gasteiger partial charge in [0.25, 0.3) is 0 Å². The van der Waals surface area contributed by atoms with E-state index >= 15 is 0 Å². The molecule has 1 aliphatic carbocycles. The van der Waals surface area contributed by atoms with Crippen molar-refractivity contribution < 1.29 is 24.2 Å². The van der Waals surface area contributed by atoms with Gasteiger partial charge in [0.1, 0.15) is 11.5 Å². The summed E-state index contributed by atoms with van der Waals surface area (Å²) in [5.74, 6) is 0.858. The Kier molecular flexibility index (Phi) is 8.72. The lowest BCUT2D eigenvalue weighted by Crippen LogP contribution is -2.26. The zero-order valence-electron chi connectivity index (χ0n) is 19.2. The quantitative estimate of drug-likeness (QED) is 0.402. The van der Waals surface area contributed by atoms with E-state index in [1.807, 2.05) is 36.4 Å². The van der Waals surface area contributed by atoms with E-state index in [1.165, 1.54) is 0 Å². The fraction of sp³-hybridized carbons (Fsp3) is 0.481. The van der Waals surface area contributed by atoms with Crippen molar-refractivity contribution in [1.29, 1.82) is 0 Å². The number of unbranched alkanes of at least 4 members (excludes halogenated alkanes) is 1. The molecule has 0 saturated heterocycles. The fourth-order valence-corrected chi connectivity index (χ4v) is 4.28. The van der Waals surface area contributed by atoms with Crippen molar-refractivity contribution in [3.8, 4) is 11.5 Å². The molecule has 0 aromatic heterocycles.